The zero-order valence-corrected chi connectivity index (χ0v) is 35.6. The molecule has 1 aliphatic carbocycles. The molecule has 13 rings (SSSR count). The SMILES string of the molecule is c1ccc(C2(c3ccccc3)c3ccccc3-c3cc(N(c4ccc(-c5cccc6c5oc5ccccc56)cc4)c4ccc(-c5cccc6c5sc5ccccc56)cc4)ccc32)cc1. The molecule has 0 amide bonds. The lowest BCUT2D eigenvalue weighted by Gasteiger charge is -2.34. The van der Waals surface area contributed by atoms with Crippen LogP contribution in [0.2, 0.25) is 0 Å². The van der Waals surface area contributed by atoms with E-state index in [2.05, 4.69) is 229 Å². The number of furan rings is 1. The maximum absolute atomic E-state index is 6.49. The van der Waals surface area contributed by atoms with Crippen LogP contribution in [0.4, 0.5) is 17.1 Å². The number of para-hydroxylation sites is 2. The normalized spacial score (nSPS) is 12.8. The summed E-state index contributed by atoms with van der Waals surface area (Å²) in [5.41, 5.74) is 16.9. The van der Waals surface area contributed by atoms with Gasteiger partial charge in [0.25, 0.3) is 0 Å². The minimum Gasteiger partial charge on any atom is -0.455 e. The summed E-state index contributed by atoms with van der Waals surface area (Å²) >= 11 is 1.87. The van der Waals surface area contributed by atoms with Gasteiger partial charge in [0.2, 0.25) is 0 Å². The van der Waals surface area contributed by atoms with Crippen LogP contribution in [0.3, 0.4) is 0 Å². The summed E-state index contributed by atoms with van der Waals surface area (Å²) in [6, 6.07) is 86.4. The minimum atomic E-state index is -0.466. The fourth-order valence-corrected chi connectivity index (χ4v) is 11.8. The largest absolute Gasteiger partial charge is 0.455 e. The predicted octanol–water partition coefficient (Wildman–Crippen LogP) is 17.1. The zero-order chi connectivity index (χ0) is 42.2. The first-order valence-corrected chi connectivity index (χ1v) is 22.7. The van der Waals surface area contributed by atoms with E-state index in [0.29, 0.717) is 0 Å². The second-order valence-electron chi connectivity index (χ2n) is 16.7. The molecule has 0 spiro atoms. The molecule has 0 aliphatic heterocycles. The maximum atomic E-state index is 6.49. The highest BCUT2D eigenvalue weighted by molar-refractivity contribution is 7.26. The Labute approximate surface area is 375 Å². The van der Waals surface area contributed by atoms with Crippen molar-refractivity contribution in [2.75, 3.05) is 4.90 Å². The highest BCUT2D eigenvalue weighted by atomic mass is 32.1. The van der Waals surface area contributed by atoms with Gasteiger partial charge in [-0.15, -0.1) is 11.3 Å². The number of benzene rings is 10. The van der Waals surface area contributed by atoms with Crippen molar-refractivity contribution in [3.63, 3.8) is 0 Å². The van der Waals surface area contributed by atoms with Crippen molar-refractivity contribution in [3.05, 3.63) is 259 Å². The molecule has 0 bridgehead atoms. The molecule has 0 radical (unpaired) electrons. The lowest BCUT2D eigenvalue weighted by atomic mass is 9.68. The lowest BCUT2D eigenvalue weighted by Crippen LogP contribution is -2.28. The molecule has 2 aromatic heterocycles. The molecule has 2 nitrogen and oxygen atoms in total. The third kappa shape index (κ3) is 5.51. The molecule has 12 aromatic rings. The van der Waals surface area contributed by atoms with Crippen molar-refractivity contribution in [2.24, 2.45) is 0 Å². The van der Waals surface area contributed by atoms with E-state index >= 15 is 0 Å². The van der Waals surface area contributed by atoms with Crippen LogP contribution in [-0.4, -0.2) is 0 Å². The second-order valence-corrected chi connectivity index (χ2v) is 17.8. The smallest absolute Gasteiger partial charge is 0.143 e. The van der Waals surface area contributed by atoms with E-state index < -0.39 is 5.41 Å². The summed E-state index contributed by atoms with van der Waals surface area (Å²) in [5, 5.41) is 4.89. The highest BCUT2D eigenvalue weighted by Crippen LogP contribution is 2.57. The number of thiophene rings is 1. The van der Waals surface area contributed by atoms with Crippen molar-refractivity contribution < 1.29 is 4.42 Å². The standard InChI is InChI=1S/C61H39NOS/c1-3-15-42(16-4-1)61(43-17-5-2-6-18-43)55-26-10-7-19-49(55)54-39-46(37-38-56(54)61)62(44-33-29-40(30-34-44)47-22-13-24-52-50-20-8-11-27-57(50)63-59(47)52)45-35-31-41(32-36-45)48-23-14-25-53-51-21-9-12-28-58(51)64-60(48)53/h1-39H. The molecule has 0 saturated carbocycles. The van der Waals surface area contributed by atoms with Crippen molar-refractivity contribution in [1.82, 2.24) is 0 Å². The van der Waals surface area contributed by atoms with E-state index in [0.717, 1.165) is 50.1 Å². The van der Waals surface area contributed by atoms with Gasteiger partial charge in [-0.25, -0.2) is 0 Å². The van der Waals surface area contributed by atoms with Gasteiger partial charge >= 0.3 is 0 Å². The van der Waals surface area contributed by atoms with E-state index in [9.17, 15) is 0 Å². The first-order valence-electron chi connectivity index (χ1n) is 21.9. The molecule has 1 aliphatic rings. The fourth-order valence-electron chi connectivity index (χ4n) is 10.6. The number of fused-ring (bicyclic) bond motifs is 9. The molecule has 2 heterocycles. The number of hydrogen-bond acceptors (Lipinski definition) is 3. The van der Waals surface area contributed by atoms with Crippen LogP contribution in [0.15, 0.2) is 241 Å². The van der Waals surface area contributed by atoms with Gasteiger partial charge in [0, 0.05) is 53.6 Å². The molecule has 0 N–H and O–H groups in total. The monoisotopic (exact) mass is 833 g/mol. The molecular weight excluding hydrogens is 795 g/mol. The Morgan fingerprint density at radius 2 is 0.891 bits per heavy atom. The Morgan fingerprint density at radius 1 is 0.359 bits per heavy atom. The third-order valence-electron chi connectivity index (χ3n) is 13.4. The molecule has 0 unspecified atom stereocenters. The Balaban J connectivity index is 0.980. The number of anilines is 3. The molecule has 10 aromatic carbocycles. The van der Waals surface area contributed by atoms with Crippen molar-refractivity contribution in [3.8, 4) is 33.4 Å². The van der Waals surface area contributed by atoms with Crippen LogP contribution in [0.5, 0.6) is 0 Å². The Hall–Kier alpha value is -7.98. The first kappa shape index (κ1) is 36.7. The van der Waals surface area contributed by atoms with Gasteiger partial charge < -0.3 is 9.32 Å². The number of nitrogens with zero attached hydrogens (tertiary/aromatic N) is 1. The van der Waals surface area contributed by atoms with Crippen molar-refractivity contribution in [2.45, 2.75) is 5.41 Å². The number of hydrogen-bond donors (Lipinski definition) is 0. The summed E-state index contributed by atoms with van der Waals surface area (Å²) in [4.78, 5) is 2.41. The van der Waals surface area contributed by atoms with Crippen LogP contribution in [-0.2, 0) is 5.41 Å². The van der Waals surface area contributed by atoms with Crippen LogP contribution < -0.4 is 4.90 Å². The minimum absolute atomic E-state index is 0.466. The van der Waals surface area contributed by atoms with E-state index in [4.69, 9.17) is 4.42 Å². The van der Waals surface area contributed by atoms with Crippen LogP contribution in [0, 0.1) is 0 Å². The lowest BCUT2D eigenvalue weighted by molar-refractivity contribution is 0.670. The van der Waals surface area contributed by atoms with E-state index in [-0.39, 0.29) is 0 Å². The summed E-state index contributed by atoms with van der Waals surface area (Å²) in [7, 11) is 0. The van der Waals surface area contributed by atoms with Crippen LogP contribution in [0.1, 0.15) is 22.3 Å². The summed E-state index contributed by atoms with van der Waals surface area (Å²) in [6.45, 7) is 0. The molecule has 0 fully saturated rings. The molecule has 3 heteroatoms. The first-order chi connectivity index (χ1) is 31.7. The van der Waals surface area contributed by atoms with Crippen LogP contribution >= 0.6 is 11.3 Å². The zero-order valence-electron chi connectivity index (χ0n) is 34.8. The molecule has 0 saturated heterocycles. The molecule has 300 valence electrons. The topological polar surface area (TPSA) is 16.4 Å². The maximum Gasteiger partial charge on any atom is 0.143 e. The van der Waals surface area contributed by atoms with Gasteiger partial charge in [-0.3, -0.25) is 0 Å². The number of rotatable bonds is 7. The summed E-state index contributed by atoms with van der Waals surface area (Å²) in [5.74, 6) is 0. The van der Waals surface area contributed by atoms with Gasteiger partial charge in [0.05, 0.1) is 5.41 Å². The van der Waals surface area contributed by atoms with Crippen molar-refractivity contribution in [1.29, 1.82) is 0 Å². The average Bonchev–Trinajstić information content (AvgIpc) is 4.04. The van der Waals surface area contributed by atoms with Gasteiger partial charge in [0.15, 0.2) is 0 Å². The third-order valence-corrected chi connectivity index (χ3v) is 14.6. The highest BCUT2D eigenvalue weighted by Gasteiger charge is 2.46. The molecule has 0 atom stereocenters. The van der Waals surface area contributed by atoms with Gasteiger partial charge in [-0.2, -0.15) is 0 Å². The summed E-state index contributed by atoms with van der Waals surface area (Å²) < 4.78 is 9.12. The van der Waals surface area contributed by atoms with Crippen molar-refractivity contribution >= 4 is 70.5 Å². The Bertz CT molecular complexity index is 3520. The predicted molar refractivity (Wildman–Crippen MR) is 269 cm³/mol. The van der Waals surface area contributed by atoms with Gasteiger partial charge in [-0.05, 0) is 98.6 Å². The fraction of sp³-hybridized carbons (Fsp3) is 0.0164. The average molecular weight is 834 g/mol. The Morgan fingerprint density at radius 3 is 1.62 bits per heavy atom. The molecule has 64 heavy (non-hydrogen) atoms. The van der Waals surface area contributed by atoms with Gasteiger partial charge in [0.1, 0.15) is 11.2 Å². The quantitative estimate of drug-likeness (QED) is 0.159. The summed E-state index contributed by atoms with van der Waals surface area (Å²) in [6.07, 6.45) is 0. The van der Waals surface area contributed by atoms with E-state index in [1.54, 1.807) is 0 Å². The second kappa shape index (κ2) is 14.6. The molecular formula is C61H39NOS. The van der Waals surface area contributed by atoms with E-state index in [1.165, 1.54) is 64.7 Å². The Kier molecular flexibility index (Phi) is 8.34. The van der Waals surface area contributed by atoms with Gasteiger partial charge in [-0.1, -0.05) is 188 Å². The van der Waals surface area contributed by atoms with Crippen LogP contribution in [0.25, 0.3) is 75.5 Å². The van der Waals surface area contributed by atoms with E-state index in [1.807, 2.05) is 23.5 Å².